The number of nitrogens with zero attached hydrogens (tertiary/aromatic N) is 2. The van der Waals surface area contributed by atoms with Crippen molar-refractivity contribution in [2.75, 3.05) is 45.2 Å². The number of morpholine rings is 1. The first kappa shape index (κ1) is 14.3. The summed E-state index contributed by atoms with van der Waals surface area (Å²) in [4.78, 5) is 4.54. The van der Waals surface area contributed by atoms with E-state index in [2.05, 4.69) is 55.1 Å². The zero-order chi connectivity index (χ0) is 13.8. The van der Waals surface area contributed by atoms with Crippen LogP contribution in [0.25, 0.3) is 0 Å². The van der Waals surface area contributed by atoms with Crippen molar-refractivity contribution in [3.8, 4) is 0 Å². The van der Waals surface area contributed by atoms with Gasteiger partial charge < -0.3 is 15.4 Å². The van der Waals surface area contributed by atoms with Crippen LogP contribution in [0.15, 0.2) is 24.3 Å². The van der Waals surface area contributed by atoms with Gasteiger partial charge in [-0.2, -0.15) is 0 Å². The maximum atomic E-state index is 5.99. The first-order valence-electron chi connectivity index (χ1n) is 6.95. The van der Waals surface area contributed by atoms with Crippen molar-refractivity contribution >= 4 is 5.69 Å². The lowest BCUT2D eigenvalue weighted by Gasteiger charge is -2.37. The molecule has 4 nitrogen and oxygen atoms in total. The van der Waals surface area contributed by atoms with Gasteiger partial charge in [0, 0.05) is 45.5 Å². The van der Waals surface area contributed by atoms with Crippen molar-refractivity contribution < 1.29 is 4.74 Å². The van der Waals surface area contributed by atoms with E-state index in [1.165, 1.54) is 11.3 Å². The number of benzene rings is 1. The predicted octanol–water partition coefficient (Wildman–Crippen LogP) is 1.47. The second-order valence-corrected chi connectivity index (χ2v) is 5.41. The molecule has 106 valence electrons. The Morgan fingerprint density at radius 2 is 2.05 bits per heavy atom. The Hall–Kier alpha value is -1.10. The van der Waals surface area contributed by atoms with E-state index in [0.717, 1.165) is 19.7 Å². The van der Waals surface area contributed by atoms with Crippen LogP contribution in [0.5, 0.6) is 0 Å². The van der Waals surface area contributed by atoms with E-state index in [-0.39, 0.29) is 0 Å². The molecule has 4 heteroatoms. The molecule has 1 heterocycles. The quantitative estimate of drug-likeness (QED) is 0.893. The second kappa shape index (κ2) is 6.37. The minimum absolute atomic E-state index is 0.294. The van der Waals surface area contributed by atoms with Gasteiger partial charge in [-0.1, -0.05) is 12.1 Å². The van der Waals surface area contributed by atoms with Gasteiger partial charge >= 0.3 is 0 Å². The molecule has 2 N–H and O–H groups in total. The molecule has 0 bridgehead atoms. The molecular formula is C15H25N3O. The molecule has 0 saturated carbocycles. The smallest absolute Gasteiger partial charge is 0.0674 e. The van der Waals surface area contributed by atoms with Gasteiger partial charge in [-0.15, -0.1) is 0 Å². The fourth-order valence-corrected chi connectivity index (χ4v) is 2.62. The molecule has 0 aliphatic carbocycles. The molecule has 1 aliphatic rings. The molecule has 0 radical (unpaired) electrons. The standard InChI is InChI=1S/C15H25N3O/c1-12-11-18(8-9-19-12)15(10-16)13-4-6-14(7-5-13)17(2)3/h4-7,12,15H,8-11,16H2,1-3H3. The van der Waals surface area contributed by atoms with Gasteiger partial charge in [0.25, 0.3) is 0 Å². The summed E-state index contributed by atoms with van der Waals surface area (Å²) in [6, 6.07) is 8.98. The summed E-state index contributed by atoms with van der Waals surface area (Å²) in [6.45, 7) is 5.48. The number of nitrogens with two attached hydrogens (primary N) is 1. The summed E-state index contributed by atoms with van der Waals surface area (Å²) in [7, 11) is 4.11. The van der Waals surface area contributed by atoms with Crippen LogP contribution in [0.2, 0.25) is 0 Å². The average Bonchev–Trinajstić information content (AvgIpc) is 2.40. The number of hydrogen-bond donors (Lipinski definition) is 1. The maximum Gasteiger partial charge on any atom is 0.0674 e. The molecule has 1 aliphatic heterocycles. The molecule has 2 unspecified atom stereocenters. The molecule has 2 atom stereocenters. The molecule has 1 saturated heterocycles. The van der Waals surface area contributed by atoms with Crippen molar-refractivity contribution in [2.45, 2.75) is 19.1 Å². The van der Waals surface area contributed by atoms with E-state index in [9.17, 15) is 0 Å². The highest BCUT2D eigenvalue weighted by molar-refractivity contribution is 5.46. The fraction of sp³-hybridized carbons (Fsp3) is 0.600. The number of rotatable bonds is 4. The van der Waals surface area contributed by atoms with E-state index >= 15 is 0 Å². The van der Waals surface area contributed by atoms with Crippen LogP contribution in [0.3, 0.4) is 0 Å². The van der Waals surface area contributed by atoms with E-state index in [1.807, 2.05) is 0 Å². The Balaban J connectivity index is 2.12. The van der Waals surface area contributed by atoms with Crippen LogP contribution in [-0.4, -0.2) is 51.3 Å². The van der Waals surface area contributed by atoms with Crippen LogP contribution in [0.1, 0.15) is 18.5 Å². The predicted molar refractivity (Wildman–Crippen MR) is 79.6 cm³/mol. The molecule has 0 amide bonds. The number of anilines is 1. The van der Waals surface area contributed by atoms with Crippen molar-refractivity contribution in [1.82, 2.24) is 4.90 Å². The summed E-state index contributed by atoms with van der Waals surface area (Å²) in [6.07, 6.45) is 0.295. The number of ether oxygens (including phenoxy) is 1. The van der Waals surface area contributed by atoms with Crippen molar-refractivity contribution in [1.29, 1.82) is 0 Å². The Bertz CT molecular complexity index is 391. The molecule has 1 aromatic carbocycles. The molecule has 1 fully saturated rings. The lowest BCUT2D eigenvalue weighted by molar-refractivity contribution is -0.0333. The third-order valence-electron chi connectivity index (χ3n) is 3.73. The lowest BCUT2D eigenvalue weighted by atomic mass is 10.0. The SMILES string of the molecule is CC1CN(C(CN)c2ccc(N(C)C)cc2)CCO1. The van der Waals surface area contributed by atoms with Crippen molar-refractivity contribution in [3.05, 3.63) is 29.8 Å². The van der Waals surface area contributed by atoms with Gasteiger partial charge in [0.05, 0.1) is 12.7 Å². The van der Waals surface area contributed by atoms with Crippen LogP contribution in [-0.2, 0) is 4.74 Å². The Labute approximate surface area is 116 Å². The van der Waals surface area contributed by atoms with Crippen LogP contribution >= 0.6 is 0 Å². The zero-order valence-electron chi connectivity index (χ0n) is 12.2. The molecule has 2 rings (SSSR count). The van der Waals surface area contributed by atoms with Crippen LogP contribution in [0, 0.1) is 0 Å². The topological polar surface area (TPSA) is 41.7 Å². The first-order chi connectivity index (χ1) is 9.11. The second-order valence-electron chi connectivity index (χ2n) is 5.41. The Morgan fingerprint density at radius 3 is 2.58 bits per heavy atom. The highest BCUT2D eigenvalue weighted by Crippen LogP contribution is 2.24. The van der Waals surface area contributed by atoms with E-state index in [0.29, 0.717) is 18.7 Å². The molecular weight excluding hydrogens is 238 g/mol. The molecule has 0 aromatic heterocycles. The minimum Gasteiger partial charge on any atom is -0.378 e. The summed E-state index contributed by atoms with van der Waals surface area (Å²) in [5.41, 5.74) is 8.50. The van der Waals surface area contributed by atoms with Gasteiger partial charge in [-0.3, -0.25) is 4.90 Å². The van der Waals surface area contributed by atoms with Crippen molar-refractivity contribution in [3.63, 3.8) is 0 Å². The summed E-state index contributed by atoms with van der Waals surface area (Å²) in [5.74, 6) is 0. The van der Waals surface area contributed by atoms with Crippen molar-refractivity contribution in [2.24, 2.45) is 5.73 Å². The molecule has 19 heavy (non-hydrogen) atoms. The van der Waals surface area contributed by atoms with Gasteiger partial charge in [0.1, 0.15) is 0 Å². The maximum absolute atomic E-state index is 5.99. The van der Waals surface area contributed by atoms with Gasteiger partial charge in [0.2, 0.25) is 0 Å². The normalized spacial score (nSPS) is 22.2. The summed E-state index contributed by atoms with van der Waals surface area (Å²) in [5, 5.41) is 0. The highest BCUT2D eigenvalue weighted by atomic mass is 16.5. The zero-order valence-corrected chi connectivity index (χ0v) is 12.2. The molecule has 0 spiro atoms. The Morgan fingerprint density at radius 1 is 1.37 bits per heavy atom. The van der Waals surface area contributed by atoms with Crippen LogP contribution in [0.4, 0.5) is 5.69 Å². The van der Waals surface area contributed by atoms with E-state index in [1.54, 1.807) is 0 Å². The fourth-order valence-electron chi connectivity index (χ4n) is 2.62. The van der Waals surface area contributed by atoms with Gasteiger partial charge in [0.15, 0.2) is 0 Å². The Kier molecular flexibility index (Phi) is 4.80. The third-order valence-corrected chi connectivity index (χ3v) is 3.73. The summed E-state index contributed by atoms with van der Waals surface area (Å²) >= 11 is 0. The molecule has 1 aromatic rings. The largest absolute Gasteiger partial charge is 0.378 e. The minimum atomic E-state index is 0.294. The van der Waals surface area contributed by atoms with E-state index in [4.69, 9.17) is 10.5 Å². The lowest BCUT2D eigenvalue weighted by Crippen LogP contribution is -2.45. The van der Waals surface area contributed by atoms with Gasteiger partial charge in [-0.05, 0) is 24.6 Å². The summed E-state index contributed by atoms with van der Waals surface area (Å²) < 4.78 is 5.60. The highest BCUT2D eigenvalue weighted by Gasteiger charge is 2.24. The number of hydrogen-bond acceptors (Lipinski definition) is 4. The monoisotopic (exact) mass is 263 g/mol. The van der Waals surface area contributed by atoms with Gasteiger partial charge in [-0.25, -0.2) is 0 Å². The third kappa shape index (κ3) is 3.47. The first-order valence-corrected chi connectivity index (χ1v) is 6.95. The van der Waals surface area contributed by atoms with Crippen LogP contribution < -0.4 is 10.6 Å². The van der Waals surface area contributed by atoms with E-state index < -0.39 is 0 Å². The average molecular weight is 263 g/mol.